The Kier molecular flexibility index (Phi) is 5.24. The highest BCUT2D eigenvalue weighted by molar-refractivity contribution is 5.72. The minimum absolute atomic E-state index is 0.0302. The zero-order chi connectivity index (χ0) is 13.7. The summed E-state index contributed by atoms with van der Waals surface area (Å²) in [5.41, 5.74) is 2.57. The predicted molar refractivity (Wildman–Crippen MR) is 77.8 cm³/mol. The molecule has 0 saturated heterocycles. The molecule has 2 aliphatic carbocycles. The molecule has 0 heterocycles. The van der Waals surface area contributed by atoms with Crippen LogP contribution in [-0.4, -0.2) is 12.6 Å². The molecule has 2 nitrogen and oxygen atoms in total. The Hall–Kier alpha value is -1.05. The fraction of sp³-hybridized carbons (Fsp3) is 0.706. The van der Waals surface area contributed by atoms with E-state index in [1.807, 2.05) is 0 Å². The smallest absolute Gasteiger partial charge is 0.309 e. The number of carbonyl (C=O) groups is 1. The van der Waals surface area contributed by atoms with Gasteiger partial charge >= 0.3 is 5.97 Å². The van der Waals surface area contributed by atoms with Crippen LogP contribution >= 0.6 is 0 Å². The molecule has 0 spiro atoms. The van der Waals surface area contributed by atoms with Crippen molar-refractivity contribution in [1.82, 2.24) is 0 Å². The van der Waals surface area contributed by atoms with E-state index in [1.54, 1.807) is 0 Å². The molecule has 0 N–H and O–H groups in total. The van der Waals surface area contributed by atoms with E-state index < -0.39 is 0 Å². The summed E-state index contributed by atoms with van der Waals surface area (Å²) < 4.78 is 5.49. The Labute approximate surface area is 116 Å². The lowest BCUT2D eigenvalue weighted by atomic mass is 9.86. The Morgan fingerprint density at radius 2 is 2.00 bits per heavy atom. The molecule has 2 heteroatoms. The van der Waals surface area contributed by atoms with Crippen molar-refractivity contribution in [2.75, 3.05) is 6.61 Å². The van der Waals surface area contributed by atoms with Crippen LogP contribution in [0.4, 0.5) is 0 Å². The standard InChI is InChI=1S/C17H26O2/c1-13(2)15-10-8-14(9-11-15)12-19-17(18)16-6-4-3-5-7-16/h8,15-16H,1,3-7,9-12H2,2H3. The highest BCUT2D eigenvalue weighted by Gasteiger charge is 2.23. The fourth-order valence-corrected chi connectivity index (χ4v) is 3.09. The van der Waals surface area contributed by atoms with Gasteiger partial charge in [-0.3, -0.25) is 4.79 Å². The molecule has 0 radical (unpaired) electrons. The quantitative estimate of drug-likeness (QED) is 0.554. The number of ether oxygens (including phenoxy) is 1. The summed E-state index contributed by atoms with van der Waals surface area (Å²) >= 11 is 0. The minimum atomic E-state index is 0.0302. The maximum absolute atomic E-state index is 11.9. The van der Waals surface area contributed by atoms with Gasteiger partial charge in [0.25, 0.3) is 0 Å². The summed E-state index contributed by atoms with van der Waals surface area (Å²) in [5.74, 6) is 0.821. The minimum Gasteiger partial charge on any atom is -0.461 e. The van der Waals surface area contributed by atoms with E-state index in [9.17, 15) is 4.79 Å². The average molecular weight is 262 g/mol. The van der Waals surface area contributed by atoms with Crippen LogP contribution in [0.15, 0.2) is 23.8 Å². The van der Waals surface area contributed by atoms with E-state index in [4.69, 9.17) is 4.74 Å². The Balaban J connectivity index is 1.73. The average Bonchev–Trinajstić information content (AvgIpc) is 2.46. The van der Waals surface area contributed by atoms with Gasteiger partial charge in [-0.25, -0.2) is 0 Å². The zero-order valence-corrected chi connectivity index (χ0v) is 12.1. The third kappa shape index (κ3) is 4.22. The summed E-state index contributed by atoms with van der Waals surface area (Å²) in [6, 6.07) is 0. The molecule has 0 aromatic carbocycles. The van der Waals surface area contributed by atoms with Crippen molar-refractivity contribution in [3.05, 3.63) is 23.8 Å². The summed E-state index contributed by atoms with van der Waals surface area (Å²) in [6.07, 6.45) is 11.2. The van der Waals surface area contributed by atoms with Gasteiger partial charge in [0.15, 0.2) is 0 Å². The molecule has 0 amide bonds. The van der Waals surface area contributed by atoms with Gasteiger partial charge in [0, 0.05) is 0 Å². The third-order valence-electron chi connectivity index (χ3n) is 4.54. The van der Waals surface area contributed by atoms with Gasteiger partial charge in [0.05, 0.1) is 5.92 Å². The lowest BCUT2D eigenvalue weighted by molar-refractivity contribution is -0.148. The zero-order valence-electron chi connectivity index (χ0n) is 12.1. The summed E-state index contributed by atoms with van der Waals surface area (Å²) in [4.78, 5) is 11.9. The van der Waals surface area contributed by atoms with Crippen LogP contribution in [0.3, 0.4) is 0 Å². The lowest BCUT2D eigenvalue weighted by Gasteiger charge is -2.23. The van der Waals surface area contributed by atoms with Gasteiger partial charge in [-0.15, -0.1) is 0 Å². The second-order valence-corrected chi connectivity index (χ2v) is 6.12. The van der Waals surface area contributed by atoms with Crippen molar-refractivity contribution in [3.63, 3.8) is 0 Å². The number of carbonyl (C=O) groups excluding carboxylic acids is 1. The first-order valence-corrected chi connectivity index (χ1v) is 7.66. The van der Waals surface area contributed by atoms with Crippen molar-refractivity contribution in [2.24, 2.45) is 11.8 Å². The highest BCUT2D eigenvalue weighted by Crippen LogP contribution is 2.29. The molecule has 1 saturated carbocycles. The van der Waals surface area contributed by atoms with Crippen molar-refractivity contribution in [1.29, 1.82) is 0 Å². The van der Waals surface area contributed by atoms with E-state index in [1.165, 1.54) is 30.4 Å². The van der Waals surface area contributed by atoms with Crippen molar-refractivity contribution < 1.29 is 9.53 Å². The Morgan fingerprint density at radius 3 is 2.58 bits per heavy atom. The normalized spacial score (nSPS) is 24.7. The SMILES string of the molecule is C=C(C)C1CC=C(COC(=O)C2CCCCC2)CC1. The van der Waals surface area contributed by atoms with E-state index >= 15 is 0 Å². The molecule has 0 bridgehead atoms. The van der Waals surface area contributed by atoms with Crippen LogP contribution < -0.4 is 0 Å². The summed E-state index contributed by atoms with van der Waals surface area (Å²) in [7, 11) is 0. The van der Waals surface area contributed by atoms with Gasteiger partial charge < -0.3 is 4.74 Å². The maximum atomic E-state index is 11.9. The number of hydrogen-bond acceptors (Lipinski definition) is 2. The first-order chi connectivity index (χ1) is 9.16. The van der Waals surface area contributed by atoms with Crippen LogP contribution in [0.2, 0.25) is 0 Å². The van der Waals surface area contributed by atoms with E-state index in [0.717, 1.165) is 32.1 Å². The first-order valence-electron chi connectivity index (χ1n) is 7.66. The van der Waals surface area contributed by atoms with Gasteiger partial charge in [-0.05, 0) is 50.5 Å². The summed E-state index contributed by atoms with van der Waals surface area (Å²) in [5, 5.41) is 0. The molecule has 19 heavy (non-hydrogen) atoms. The molecular weight excluding hydrogens is 236 g/mol. The van der Waals surface area contributed by atoms with Crippen LogP contribution in [0.1, 0.15) is 58.3 Å². The van der Waals surface area contributed by atoms with Crippen molar-refractivity contribution >= 4 is 5.97 Å². The molecule has 1 unspecified atom stereocenters. The second-order valence-electron chi connectivity index (χ2n) is 6.12. The Bertz CT molecular complexity index is 361. The summed E-state index contributed by atoms with van der Waals surface area (Å²) in [6.45, 7) is 6.64. The first kappa shape index (κ1) is 14.4. The lowest BCUT2D eigenvalue weighted by Crippen LogP contribution is -2.21. The number of esters is 1. The van der Waals surface area contributed by atoms with Gasteiger partial charge in [0.2, 0.25) is 0 Å². The van der Waals surface area contributed by atoms with Crippen molar-refractivity contribution in [2.45, 2.75) is 58.3 Å². The van der Waals surface area contributed by atoms with Gasteiger partial charge in [0.1, 0.15) is 6.61 Å². The van der Waals surface area contributed by atoms with Crippen LogP contribution in [0.5, 0.6) is 0 Å². The monoisotopic (exact) mass is 262 g/mol. The molecule has 0 aliphatic heterocycles. The van der Waals surface area contributed by atoms with Crippen LogP contribution in [0, 0.1) is 11.8 Å². The number of allylic oxidation sites excluding steroid dienone is 2. The molecule has 2 rings (SSSR count). The highest BCUT2D eigenvalue weighted by atomic mass is 16.5. The second kappa shape index (κ2) is 6.93. The molecule has 0 aromatic heterocycles. The van der Waals surface area contributed by atoms with Gasteiger partial charge in [-0.1, -0.05) is 37.5 Å². The molecule has 0 aromatic rings. The topological polar surface area (TPSA) is 26.3 Å². The third-order valence-corrected chi connectivity index (χ3v) is 4.54. The number of rotatable bonds is 4. The molecular formula is C17H26O2. The fourth-order valence-electron chi connectivity index (χ4n) is 3.09. The Morgan fingerprint density at radius 1 is 1.26 bits per heavy atom. The molecule has 2 aliphatic rings. The molecule has 1 atom stereocenters. The van der Waals surface area contributed by atoms with E-state index in [2.05, 4.69) is 19.6 Å². The number of hydrogen-bond donors (Lipinski definition) is 0. The largest absolute Gasteiger partial charge is 0.461 e. The molecule has 106 valence electrons. The maximum Gasteiger partial charge on any atom is 0.309 e. The van der Waals surface area contributed by atoms with Gasteiger partial charge in [-0.2, -0.15) is 0 Å². The van der Waals surface area contributed by atoms with Crippen LogP contribution in [0.25, 0.3) is 0 Å². The van der Waals surface area contributed by atoms with Crippen LogP contribution in [-0.2, 0) is 9.53 Å². The predicted octanol–water partition coefficient (Wildman–Crippen LogP) is 4.41. The molecule has 1 fully saturated rings. The van der Waals surface area contributed by atoms with E-state index in [-0.39, 0.29) is 11.9 Å². The van der Waals surface area contributed by atoms with E-state index in [0.29, 0.717) is 12.5 Å². The van der Waals surface area contributed by atoms with Crippen molar-refractivity contribution in [3.8, 4) is 0 Å².